The predicted octanol–water partition coefficient (Wildman–Crippen LogP) is 2.24. The zero-order chi connectivity index (χ0) is 16.9. The maximum Gasteiger partial charge on any atom is 0.253 e. The number of hydrogen-bond acceptors (Lipinski definition) is 4. The number of carbonyl (C=O) groups excluding carboxylic acids is 1. The molecule has 0 radical (unpaired) electrons. The van der Waals surface area contributed by atoms with Gasteiger partial charge in [0, 0.05) is 24.2 Å². The lowest BCUT2D eigenvalue weighted by Gasteiger charge is -2.32. The van der Waals surface area contributed by atoms with Crippen LogP contribution < -0.4 is 5.32 Å². The fourth-order valence-electron chi connectivity index (χ4n) is 3.10. The minimum absolute atomic E-state index is 0.120. The SMILES string of the molecule is CCNCC1CCN(C(=O)c2ccc(-c3n[nH]c(C)n3)cc2)CC1. The third kappa shape index (κ3) is 3.82. The van der Waals surface area contributed by atoms with E-state index in [1.165, 1.54) is 0 Å². The highest BCUT2D eigenvalue weighted by Gasteiger charge is 2.23. The topological polar surface area (TPSA) is 73.9 Å². The Morgan fingerprint density at radius 1 is 1.29 bits per heavy atom. The number of aromatic nitrogens is 3. The zero-order valence-corrected chi connectivity index (χ0v) is 14.4. The van der Waals surface area contributed by atoms with Crippen molar-refractivity contribution < 1.29 is 4.79 Å². The van der Waals surface area contributed by atoms with Crippen molar-refractivity contribution in [2.24, 2.45) is 5.92 Å². The first-order valence-corrected chi connectivity index (χ1v) is 8.66. The molecule has 1 aliphatic rings. The van der Waals surface area contributed by atoms with E-state index in [0.717, 1.165) is 56.0 Å². The van der Waals surface area contributed by atoms with Crippen molar-refractivity contribution in [3.8, 4) is 11.4 Å². The van der Waals surface area contributed by atoms with E-state index in [0.29, 0.717) is 11.7 Å². The fraction of sp³-hybridized carbons (Fsp3) is 0.500. The first-order valence-electron chi connectivity index (χ1n) is 8.66. The second-order valence-electron chi connectivity index (χ2n) is 6.37. The Morgan fingerprint density at radius 3 is 2.58 bits per heavy atom. The molecule has 0 unspecified atom stereocenters. The Bertz CT molecular complexity index is 671. The lowest BCUT2D eigenvalue weighted by Crippen LogP contribution is -2.40. The molecule has 0 atom stereocenters. The minimum atomic E-state index is 0.120. The van der Waals surface area contributed by atoms with E-state index in [4.69, 9.17) is 0 Å². The van der Waals surface area contributed by atoms with Crippen LogP contribution in [-0.2, 0) is 0 Å². The molecular weight excluding hydrogens is 302 g/mol. The molecule has 0 aliphatic carbocycles. The fourth-order valence-corrected chi connectivity index (χ4v) is 3.10. The van der Waals surface area contributed by atoms with Gasteiger partial charge in [-0.15, -0.1) is 0 Å². The zero-order valence-electron chi connectivity index (χ0n) is 14.4. The van der Waals surface area contributed by atoms with Gasteiger partial charge in [0.1, 0.15) is 5.82 Å². The van der Waals surface area contributed by atoms with Crippen LogP contribution >= 0.6 is 0 Å². The number of likely N-dealkylation sites (tertiary alicyclic amines) is 1. The number of benzene rings is 1. The molecule has 0 saturated carbocycles. The number of H-pyrrole nitrogens is 1. The quantitative estimate of drug-likeness (QED) is 0.883. The van der Waals surface area contributed by atoms with Crippen LogP contribution in [0, 0.1) is 12.8 Å². The number of amides is 1. The first-order chi connectivity index (χ1) is 11.7. The van der Waals surface area contributed by atoms with E-state index in [-0.39, 0.29) is 5.91 Å². The van der Waals surface area contributed by atoms with Gasteiger partial charge in [-0.2, -0.15) is 5.10 Å². The van der Waals surface area contributed by atoms with Crippen LogP contribution in [-0.4, -0.2) is 52.2 Å². The Kier molecular flexibility index (Phi) is 5.25. The third-order valence-corrected chi connectivity index (χ3v) is 4.57. The number of piperidine rings is 1. The van der Waals surface area contributed by atoms with Gasteiger partial charge in [0.05, 0.1) is 0 Å². The summed E-state index contributed by atoms with van der Waals surface area (Å²) < 4.78 is 0. The summed E-state index contributed by atoms with van der Waals surface area (Å²) in [5, 5.41) is 10.4. The molecule has 1 amide bonds. The van der Waals surface area contributed by atoms with Crippen molar-refractivity contribution in [3.05, 3.63) is 35.7 Å². The maximum atomic E-state index is 12.6. The van der Waals surface area contributed by atoms with Gasteiger partial charge in [-0.05, 0) is 50.9 Å². The Labute approximate surface area is 142 Å². The van der Waals surface area contributed by atoms with Gasteiger partial charge < -0.3 is 10.2 Å². The molecule has 3 rings (SSSR count). The summed E-state index contributed by atoms with van der Waals surface area (Å²) in [4.78, 5) is 18.9. The third-order valence-electron chi connectivity index (χ3n) is 4.57. The lowest BCUT2D eigenvalue weighted by molar-refractivity contribution is 0.0690. The van der Waals surface area contributed by atoms with Gasteiger partial charge in [0.2, 0.25) is 0 Å². The van der Waals surface area contributed by atoms with Crippen molar-refractivity contribution in [2.75, 3.05) is 26.2 Å². The van der Waals surface area contributed by atoms with Crippen LogP contribution in [0.25, 0.3) is 11.4 Å². The Morgan fingerprint density at radius 2 is 2.00 bits per heavy atom. The standard InChI is InChI=1S/C18H25N5O/c1-3-19-12-14-8-10-23(11-9-14)18(24)16-6-4-15(5-7-16)17-20-13(2)21-22-17/h4-7,14,19H,3,8-12H2,1-2H3,(H,20,21,22). The number of aromatic amines is 1. The van der Waals surface area contributed by atoms with Crippen LogP contribution in [0.1, 0.15) is 35.9 Å². The number of carbonyl (C=O) groups is 1. The molecule has 1 fully saturated rings. The molecule has 1 aromatic heterocycles. The van der Waals surface area contributed by atoms with E-state index < -0.39 is 0 Å². The van der Waals surface area contributed by atoms with Gasteiger partial charge in [-0.3, -0.25) is 9.89 Å². The molecule has 2 N–H and O–H groups in total. The van der Waals surface area contributed by atoms with Crippen molar-refractivity contribution in [1.29, 1.82) is 0 Å². The van der Waals surface area contributed by atoms with Crippen LogP contribution in [0.5, 0.6) is 0 Å². The highest BCUT2D eigenvalue weighted by molar-refractivity contribution is 5.94. The predicted molar refractivity (Wildman–Crippen MR) is 93.7 cm³/mol. The molecule has 2 aromatic rings. The summed E-state index contributed by atoms with van der Waals surface area (Å²) in [5.41, 5.74) is 1.65. The van der Waals surface area contributed by atoms with Crippen LogP contribution in [0.15, 0.2) is 24.3 Å². The normalized spacial score (nSPS) is 15.7. The molecule has 6 heteroatoms. The maximum absolute atomic E-state index is 12.6. The smallest absolute Gasteiger partial charge is 0.253 e. The molecule has 0 spiro atoms. The first kappa shape index (κ1) is 16.6. The highest BCUT2D eigenvalue weighted by Crippen LogP contribution is 2.20. The van der Waals surface area contributed by atoms with Crippen LogP contribution in [0.2, 0.25) is 0 Å². The number of aryl methyl sites for hydroxylation is 1. The average molecular weight is 327 g/mol. The van der Waals surface area contributed by atoms with Crippen molar-refractivity contribution in [2.45, 2.75) is 26.7 Å². The monoisotopic (exact) mass is 327 g/mol. The van der Waals surface area contributed by atoms with Crippen LogP contribution in [0.3, 0.4) is 0 Å². The molecule has 1 saturated heterocycles. The van der Waals surface area contributed by atoms with Gasteiger partial charge in [-0.25, -0.2) is 4.98 Å². The molecule has 24 heavy (non-hydrogen) atoms. The molecule has 1 aromatic carbocycles. The molecule has 128 valence electrons. The van der Waals surface area contributed by atoms with Gasteiger partial charge in [0.25, 0.3) is 5.91 Å². The molecule has 0 bridgehead atoms. The van der Waals surface area contributed by atoms with Crippen LogP contribution in [0.4, 0.5) is 0 Å². The summed E-state index contributed by atoms with van der Waals surface area (Å²) >= 11 is 0. The molecule has 1 aliphatic heterocycles. The minimum Gasteiger partial charge on any atom is -0.339 e. The number of nitrogens with zero attached hydrogens (tertiary/aromatic N) is 3. The summed E-state index contributed by atoms with van der Waals surface area (Å²) in [6, 6.07) is 7.56. The second-order valence-corrected chi connectivity index (χ2v) is 6.37. The summed E-state index contributed by atoms with van der Waals surface area (Å²) in [6.07, 6.45) is 2.15. The Hall–Kier alpha value is -2.21. The van der Waals surface area contributed by atoms with Gasteiger partial charge in [0.15, 0.2) is 5.82 Å². The van der Waals surface area contributed by atoms with Gasteiger partial charge in [-0.1, -0.05) is 19.1 Å². The van der Waals surface area contributed by atoms with Gasteiger partial charge >= 0.3 is 0 Å². The average Bonchev–Trinajstić information content (AvgIpc) is 3.06. The summed E-state index contributed by atoms with van der Waals surface area (Å²) in [5.74, 6) is 2.25. The number of hydrogen-bond donors (Lipinski definition) is 2. The van der Waals surface area contributed by atoms with E-state index in [2.05, 4.69) is 27.4 Å². The molecule has 2 heterocycles. The van der Waals surface area contributed by atoms with Crippen molar-refractivity contribution in [1.82, 2.24) is 25.4 Å². The van der Waals surface area contributed by atoms with E-state index >= 15 is 0 Å². The Balaban J connectivity index is 1.59. The highest BCUT2D eigenvalue weighted by atomic mass is 16.2. The second kappa shape index (κ2) is 7.57. The molecule has 6 nitrogen and oxygen atoms in total. The van der Waals surface area contributed by atoms with E-state index in [9.17, 15) is 4.79 Å². The largest absolute Gasteiger partial charge is 0.339 e. The van der Waals surface area contributed by atoms with Crippen molar-refractivity contribution >= 4 is 5.91 Å². The van der Waals surface area contributed by atoms with Crippen molar-refractivity contribution in [3.63, 3.8) is 0 Å². The number of rotatable bonds is 5. The lowest BCUT2D eigenvalue weighted by atomic mass is 9.96. The van der Waals surface area contributed by atoms with E-state index in [1.807, 2.05) is 36.1 Å². The molecular formula is C18H25N5O. The summed E-state index contributed by atoms with van der Waals surface area (Å²) in [7, 11) is 0. The van der Waals surface area contributed by atoms with E-state index in [1.54, 1.807) is 0 Å². The number of nitrogens with one attached hydrogen (secondary N) is 2. The summed E-state index contributed by atoms with van der Waals surface area (Å²) in [6.45, 7) is 7.75.